The number of hydrogen-bond acceptors (Lipinski definition) is 3. The normalized spacial score (nSPS) is 15.4. The van der Waals surface area contributed by atoms with Gasteiger partial charge in [0.05, 0.1) is 40.5 Å². The van der Waals surface area contributed by atoms with Gasteiger partial charge in [-0.3, -0.25) is 4.79 Å². The van der Waals surface area contributed by atoms with Crippen molar-refractivity contribution in [1.29, 1.82) is 0 Å². The van der Waals surface area contributed by atoms with Crippen LogP contribution in [0.5, 0.6) is 5.75 Å². The lowest BCUT2D eigenvalue weighted by atomic mass is 10.0. The summed E-state index contributed by atoms with van der Waals surface area (Å²) in [6.07, 6.45) is 0.925. The van der Waals surface area contributed by atoms with Gasteiger partial charge in [0.15, 0.2) is 6.54 Å². The molecule has 0 N–H and O–H groups in total. The van der Waals surface area contributed by atoms with Crippen LogP contribution in [0.4, 0.5) is 0 Å². The first-order valence-corrected chi connectivity index (χ1v) is 9.69. The van der Waals surface area contributed by atoms with Gasteiger partial charge in [0.2, 0.25) is 0 Å². The zero-order valence-electron chi connectivity index (χ0n) is 17.1. The van der Waals surface area contributed by atoms with Crippen LogP contribution in [-0.2, 0) is 9.53 Å². The predicted molar refractivity (Wildman–Crippen MR) is 105 cm³/mol. The Kier molecular flexibility index (Phi) is 7.47. The molecule has 0 aliphatic carbocycles. The smallest absolute Gasteiger partial charge is 0.277 e. The Balaban J connectivity index is 1.77. The fourth-order valence-electron chi connectivity index (χ4n) is 3.16. The fourth-order valence-corrected chi connectivity index (χ4v) is 3.16. The molecule has 1 aromatic carbocycles. The Labute approximate surface area is 158 Å². The van der Waals surface area contributed by atoms with Crippen LogP contribution in [-0.4, -0.2) is 75.4 Å². The van der Waals surface area contributed by atoms with Crippen molar-refractivity contribution in [2.75, 3.05) is 60.1 Å². The molecule has 146 valence electrons. The average Bonchev–Trinajstić information content (AvgIpc) is 2.60. The van der Waals surface area contributed by atoms with E-state index in [0.717, 1.165) is 18.7 Å². The molecule has 0 unspecified atom stereocenters. The van der Waals surface area contributed by atoms with Crippen molar-refractivity contribution in [3.05, 3.63) is 29.3 Å². The number of amides is 1. The van der Waals surface area contributed by atoms with Crippen LogP contribution in [0.25, 0.3) is 0 Å². The van der Waals surface area contributed by atoms with E-state index < -0.39 is 0 Å². The number of ether oxygens (including phenoxy) is 2. The number of rotatable bonds is 8. The Morgan fingerprint density at radius 3 is 2.62 bits per heavy atom. The molecular weight excluding hydrogens is 328 g/mol. The number of likely N-dealkylation sites (N-methyl/N-ethyl adjacent to an activating group) is 1. The number of morpholine rings is 1. The third-order valence-electron chi connectivity index (χ3n) is 4.97. The van der Waals surface area contributed by atoms with Gasteiger partial charge in [0, 0.05) is 19.5 Å². The molecule has 0 atom stereocenters. The molecule has 1 heterocycles. The number of carbonyl (C=O) groups is 1. The van der Waals surface area contributed by atoms with Crippen LogP contribution in [0.1, 0.15) is 37.3 Å². The van der Waals surface area contributed by atoms with Crippen LogP contribution < -0.4 is 4.74 Å². The highest BCUT2D eigenvalue weighted by molar-refractivity contribution is 5.77. The predicted octanol–water partition coefficient (Wildman–Crippen LogP) is 2.82. The van der Waals surface area contributed by atoms with Gasteiger partial charge >= 0.3 is 0 Å². The van der Waals surface area contributed by atoms with E-state index in [2.05, 4.69) is 53.1 Å². The number of carbonyl (C=O) groups excluding carboxylic acids is 1. The van der Waals surface area contributed by atoms with Crippen LogP contribution in [0.15, 0.2) is 18.2 Å². The van der Waals surface area contributed by atoms with Gasteiger partial charge < -0.3 is 18.9 Å². The number of aryl methyl sites for hydroxylation is 1. The summed E-state index contributed by atoms with van der Waals surface area (Å²) in [5.74, 6) is 1.70. The van der Waals surface area contributed by atoms with Gasteiger partial charge in [-0.25, -0.2) is 0 Å². The second kappa shape index (κ2) is 9.38. The molecule has 1 fully saturated rings. The van der Waals surface area contributed by atoms with E-state index in [1.165, 1.54) is 11.1 Å². The summed E-state index contributed by atoms with van der Waals surface area (Å²) in [7, 11) is 4.23. The van der Waals surface area contributed by atoms with Crippen LogP contribution in [0.3, 0.4) is 0 Å². The Bertz CT molecular complexity index is 593. The lowest BCUT2D eigenvalue weighted by Gasteiger charge is -2.33. The molecule has 1 amide bonds. The molecule has 0 spiro atoms. The molecule has 2 rings (SSSR count). The Morgan fingerprint density at radius 1 is 1.27 bits per heavy atom. The van der Waals surface area contributed by atoms with E-state index in [1.807, 2.05) is 4.90 Å². The molecule has 5 heteroatoms. The summed E-state index contributed by atoms with van der Waals surface area (Å²) in [6, 6.07) is 6.46. The zero-order valence-corrected chi connectivity index (χ0v) is 17.1. The van der Waals surface area contributed by atoms with Gasteiger partial charge in [-0.1, -0.05) is 26.0 Å². The molecule has 1 aliphatic rings. The summed E-state index contributed by atoms with van der Waals surface area (Å²) >= 11 is 0. The number of quaternary nitrogens is 1. The molecule has 5 nitrogen and oxygen atoms in total. The first kappa shape index (κ1) is 20.7. The highest BCUT2D eigenvalue weighted by atomic mass is 16.5. The van der Waals surface area contributed by atoms with Crippen LogP contribution >= 0.6 is 0 Å². The molecule has 1 aliphatic heterocycles. The maximum Gasteiger partial charge on any atom is 0.277 e. The van der Waals surface area contributed by atoms with E-state index >= 15 is 0 Å². The lowest BCUT2D eigenvalue weighted by Crippen LogP contribution is -2.51. The van der Waals surface area contributed by atoms with Gasteiger partial charge in [0.25, 0.3) is 5.91 Å². The summed E-state index contributed by atoms with van der Waals surface area (Å²) in [5, 5.41) is 0. The summed E-state index contributed by atoms with van der Waals surface area (Å²) in [4.78, 5) is 14.4. The minimum atomic E-state index is 0.222. The average molecular weight is 364 g/mol. The van der Waals surface area contributed by atoms with Crippen molar-refractivity contribution < 1.29 is 18.8 Å². The zero-order chi connectivity index (χ0) is 19.2. The van der Waals surface area contributed by atoms with Gasteiger partial charge in [0.1, 0.15) is 5.75 Å². The quantitative estimate of drug-likeness (QED) is 0.527. The first-order valence-electron chi connectivity index (χ1n) is 9.69. The van der Waals surface area contributed by atoms with Crippen molar-refractivity contribution in [3.8, 4) is 5.75 Å². The van der Waals surface area contributed by atoms with Crippen molar-refractivity contribution in [3.63, 3.8) is 0 Å². The SMILES string of the molecule is Cc1ccc(C(C)C)cc1OCCC[N+](C)(C)CC(=O)N1CCOCC1. The number of benzene rings is 1. The van der Waals surface area contributed by atoms with Crippen molar-refractivity contribution in [1.82, 2.24) is 4.90 Å². The Hall–Kier alpha value is -1.59. The topological polar surface area (TPSA) is 38.8 Å². The second-order valence-corrected chi connectivity index (χ2v) is 8.19. The van der Waals surface area contributed by atoms with Crippen LogP contribution in [0, 0.1) is 6.92 Å². The molecular formula is C21H35N2O3+. The van der Waals surface area contributed by atoms with E-state index in [4.69, 9.17) is 9.47 Å². The van der Waals surface area contributed by atoms with Crippen molar-refractivity contribution in [2.45, 2.75) is 33.1 Å². The minimum Gasteiger partial charge on any atom is -0.493 e. The molecule has 0 aromatic heterocycles. The van der Waals surface area contributed by atoms with Crippen molar-refractivity contribution in [2.24, 2.45) is 0 Å². The third-order valence-corrected chi connectivity index (χ3v) is 4.97. The maximum atomic E-state index is 12.4. The van der Waals surface area contributed by atoms with E-state index in [-0.39, 0.29) is 5.91 Å². The largest absolute Gasteiger partial charge is 0.493 e. The third kappa shape index (κ3) is 6.29. The lowest BCUT2D eigenvalue weighted by molar-refractivity contribution is -0.882. The monoisotopic (exact) mass is 363 g/mol. The highest BCUT2D eigenvalue weighted by Crippen LogP contribution is 2.24. The summed E-state index contributed by atoms with van der Waals surface area (Å²) in [6.45, 7) is 11.3. The Morgan fingerprint density at radius 2 is 1.96 bits per heavy atom. The van der Waals surface area contributed by atoms with Crippen LogP contribution in [0.2, 0.25) is 0 Å². The molecule has 1 aromatic rings. The van der Waals surface area contributed by atoms with Gasteiger partial charge in [-0.05, 0) is 30.0 Å². The first-order chi connectivity index (χ1) is 12.3. The fraction of sp³-hybridized carbons (Fsp3) is 0.667. The minimum absolute atomic E-state index is 0.222. The van der Waals surface area contributed by atoms with E-state index in [1.54, 1.807) is 0 Å². The van der Waals surface area contributed by atoms with E-state index in [9.17, 15) is 4.79 Å². The summed E-state index contributed by atoms with van der Waals surface area (Å²) < 4.78 is 12.0. The molecule has 26 heavy (non-hydrogen) atoms. The maximum absolute atomic E-state index is 12.4. The van der Waals surface area contributed by atoms with Gasteiger partial charge in [-0.2, -0.15) is 0 Å². The van der Waals surface area contributed by atoms with Crippen molar-refractivity contribution >= 4 is 5.91 Å². The standard InChI is InChI=1S/C21H35N2O3/c1-17(2)19-8-7-18(3)20(15-19)26-12-6-11-23(4,5)16-21(24)22-9-13-25-14-10-22/h7-8,15,17H,6,9-14,16H2,1-5H3/q+1. The number of nitrogens with zero attached hydrogens (tertiary/aromatic N) is 2. The molecule has 0 saturated carbocycles. The molecule has 0 radical (unpaired) electrons. The molecule has 1 saturated heterocycles. The van der Waals surface area contributed by atoms with Gasteiger partial charge in [-0.15, -0.1) is 0 Å². The number of hydrogen-bond donors (Lipinski definition) is 0. The highest BCUT2D eigenvalue weighted by Gasteiger charge is 2.25. The van der Waals surface area contributed by atoms with E-state index in [0.29, 0.717) is 49.9 Å². The molecule has 0 bridgehead atoms. The summed E-state index contributed by atoms with van der Waals surface area (Å²) in [5.41, 5.74) is 2.48. The second-order valence-electron chi connectivity index (χ2n) is 8.19.